The van der Waals surface area contributed by atoms with Gasteiger partial charge in [0.2, 0.25) is 11.8 Å². The summed E-state index contributed by atoms with van der Waals surface area (Å²) in [5.41, 5.74) is 1.04. The van der Waals surface area contributed by atoms with Crippen LogP contribution in [0.15, 0.2) is 36.4 Å². The van der Waals surface area contributed by atoms with Crippen LogP contribution in [-0.4, -0.2) is 72.8 Å². The maximum atomic E-state index is 12.7. The summed E-state index contributed by atoms with van der Waals surface area (Å²) in [6.45, 7) is 2.94. The zero-order valence-corrected chi connectivity index (χ0v) is 15.1. The van der Waals surface area contributed by atoms with Gasteiger partial charge in [-0.1, -0.05) is 30.3 Å². The van der Waals surface area contributed by atoms with Crippen LogP contribution in [0.5, 0.6) is 0 Å². The molecule has 0 unspecified atom stereocenters. The van der Waals surface area contributed by atoms with E-state index in [2.05, 4.69) is 4.90 Å². The van der Waals surface area contributed by atoms with Crippen LogP contribution >= 0.6 is 0 Å². The van der Waals surface area contributed by atoms with Crippen LogP contribution in [0, 0.1) is 5.92 Å². The fraction of sp³-hybridized carbons (Fsp3) is 0.500. The minimum atomic E-state index is 0.0827. The normalized spacial score (nSPS) is 23.7. The third-order valence-corrected chi connectivity index (χ3v) is 5.15. The molecule has 0 N–H and O–H groups in total. The van der Waals surface area contributed by atoms with Gasteiger partial charge >= 0.3 is 0 Å². The Bertz CT molecular complexity index is 642. The van der Waals surface area contributed by atoms with Gasteiger partial charge < -0.3 is 9.80 Å². The lowest BCUT2D eigenvalue weighted by Gasteiger charge is -2.35. The summed E-state index contributed by atoms with van der Waals surface area (Å²) in [5, 5.41) is 0. The van der Waals surface area contributed by atoms with Gasteiger partial charge in [0.15, 0.2) is 0 Å². The maximum absolute atomic E-state index is 12.7. The van der Waals surface area contributed by atoms with Gasteiger partial charge in [-0.2, -0.15) is 0 Å². The topological polar surface area (TPSA) is 43.9 Å². The summed E-state index contributed by atoms with van der Waals surface area (Å²) in [7, 11) is 3.58. The molecule has 2 atom stereocenters. The Kier molecular flexibility index (Phi) is 5.53. The number of nitrogens with zero attached hydrogens (tertiary/aromatic N) is 3. The third kappa shape index (κ3) is 4.48. The maximum Gasteiger partial charge on any atom is 0.246 e. The van der Waals surface area contributed by atoms with Gasteiger partial charge in [0.05, 0.1) is 6.54 Å². The Morgan fingerprint density at radius 1 is 1.12 bits per heavy atom. The van der Waals surface area contributed by atoms with E-state index in [9.17, 15) is 9.59 Å². The van der Waals surface area contributed by atoms with Gasteiger partial charge in [-0.3, -0.25) is 14.5 Å². The average Bonchev–Trinajstić information content (AvgIpc) is 2.91. The molecule has 5 heteroatoms. The predicted octanol–water partition coefficient (Wildman–Crippen LogP) is 1.71. The first-order valence-corrected chi connectivity index (χ1v) is 8.99. The van der Waals surface area contributed by atoms with Gasteiger partial charge in [-0.25, -0.2) is 0 Å². The second kappa shape index (κ2) is 7.83. The van der Waals surface area contributed by atoms with Crippen LogP contribution in [0.3, 0.4) is 0 Å². The Morgan fingerprint density at radius 2 is 1.88 bits per heavy atom. The molecule has 1 aromatic rings. The van der Waals surface area contributed by atoms with Gasteiger partial charge in [0.25, 0.3) is 0 Å². The van der Waals surface area contributed by atoms with E-state index in [1.165, 1.54) is 0 Å². The SMILES string of the molecule is CN(C)C(=O)CN1C[C@@H]2CC[C@H](C1)N(C(=O)/C=C/c1ccccc1)C2. The fourth-order valence-electron chi connectivity index (χ4n) is 3.74. The van der Waals surface area contributed by atoms with Gasteiger partial charge in [0.1, 0.15) is 0 Å². The molecule has 134 valence electrons. The molecule has 2 bridgehead atoms. The van der Waals surface area contributed by atoms with Crippen molar-refractivity contribution in [1.29, 1.82) is 0 Å². The first-order chi connectivity index (χ1) is 12.0. The molecule has 3 heterocycles. The first kappa shape index (κ1) is 17.7. The zero-order chi connectivity index (χ0) is 17.8. The second-order valence-electron chi connectivity index (χ2n) is 7.31. The summed E-state index contributed by atoms with van der Waals surface area (Å²) in [6, 6.07) is 10.1. The monoisotopic (exact) mass is 341 g/mol. The van der Waals surface area contributed by atoms with Crippen molar-refractivity contribution in [2.24, 2.45) is 5.92 Å². The standard InChI is InChI=1S/C20H27N3O2/c1-21(2)20(25)15-22-12-17-8-10-18(14-22)23(13-17)19(24)11-9-16-6-4-3-5-7-16/h3-7,9,11,17-18H,8,10,12-15H2,1-2H3/b11-9+/t17-,18+/m0/s1. The van der Waals surface area contributed by atoms with E-state index in [4.69, 9.17) is 0 Å². The lowest BCUT2D eigenvalue weighted by molar-refractivity contribution is -0.130. The van der Waals surface area contributed by atoms with Crippen molar-refractivity contribution in [3.05, 3.63) is 42.0 Å². The fourth-order valence-corrected chi connectivity index (χ4v) is 3.74. The largest absolute Gasteiger partial charge is 0.348 e. The van der Waals surface area contributed by atoms with Crippen LogP contribution in [-0.2, 0) is 9.59 Å². The Hall–Kier alpha value is -2.14. The molecule has 3 fully saturated rings. The molecule has 1 aromatic carbocycles. The highest BCUT2D eigenvalue weighted by Crippen LogP contribution is 2.28. The molecule has 25 heavy (non-hydrogen) atoms. The van der Waals surface area contributed by atoms with Crippen molar-refractivity contribution in [3.8, 4) is 0 Å². The zero-order valence-electron chi connectivity index (χ0n) is 15.1. The van der Waals surface area contributed by atoms with Crippen molar-refractivity contribution in [2.75, 3.05) is 40.3 Å². The Balaban J connectivity index is 1.65. The van der Waals surface area contributed by atoms with Crippen molar-refractivity contribution < 1.29 is 9.59 Å². The average molecular weight is 341 g/mol. The summed E-state index contributed by atoms with van der Waals surface area (Å²) in [4.78, 5) is 30.6. The van der Waals surface area contributed by atoms with Crippen molar-refractivity contribution in [1.82, 2.24) is 14.7 Å². The third-order valence-electron chi connectivity index (χ3n) is 5.15. The minimum Gasteiger partial charge on any atom is -0.348 e. The highest BCUT2D eigenvalue weighted by atomic mass is 16.2. The minimum absolute atomic E-state index is 0.0827. The summed E-state index contributed by atoms with van der Waals surface area (Å²) in [5.74, 6) is 0.672. The lowest BCUT2D eigenvalue weighted by Crippen LogP contribution is -2.47. The number of benzene rings is 1. The molecule has 4 rings (SSSR count). The molecule has 3 aliphatic heterocycles. The van der Waals surface area contributed by atoms with Crippen LogP contribution in [0.25, 0.3) is 6.08 Å². The number of hydrogen-bond acceptors (Lipinski definition) is 3. The number of hydrogen-bond donors (Lipinski definition) is 0. The molecular weight excluding hydrogens is 314 g/mol. The van der Waals surface area contributed by atoms with Crippen molar-refractivity contribution >= 4 is 17.9 Å². The Labute approximate surface area is 149 Å². The molecule has 0 spiro atoms. The summed E-state index contributed by atoms with van der Waals surface area (Å²) >= 11 is 0. The highest BCUT2D eigenvalue weighted by Gasteiger charge is 2.36. The molecule has 3 saturated heterocycles. The number of amides is 2. The second-order valence-corrected chi connectivity index (χ2v) is 7.31. The van der Waals surface area contributed by atoms with E-state index in [1.807, 2.05) is 41.3 Å². The molecule has 0 saturated carbocycles. The Morgan fingerprint density at radius 3 is 2.60 bits per heavy atom. The smallest absolute Gasteiger partial charge is 0.246 e. The van der Waals surface area contributed by atoms with Gasteiger partial charge in [-0.05, 0) is 30.4 Å². The number of fused-ring (bicyclic) bond motifs is 4. The van der Waals surface area contributed by atoms with E-state index in [1.54, 1.807) is 25.1 Å². The van der Waals surface area contributed by atoms with Crippen LogP contribution in [0.2, 0.25) is 0 Å². The van der Waals surface area contributed by atoms with Crippen LogP contribution in [0.4, 0.5) is 0 Å². The molecule has 0 radical (unpaired) electrons. The number of carbonyl (C=O) groups is 2. The van der Waals surface area contributed by atoms with Crippen LogP contribution in [0.1, 0.15) is 18.4 Å². The van der Waals surface area contributed by atoms with Gasteiger partial charge in [-0.15, -0.1) is 0 Å². The number of carbonyl (C=O) groups excluding carboxylic acids is 2. The number of rotatable bonds is 4. The summed E-state index contributed by atoms with van der Waals surface area (Å²) in [6.07, 6.45) is 5.74. The first-order valence-electron chi connectivity index (χ1n) is 8.99. The summed E-state index contributed by atoms with van der Waals surface area (Å²) < 4.78 is 0. The quantitative estimate of drug-likeness (QED) is 0.783. The van der Waals surface area contributed by atoms with Crippen molar-refractivity contribution in [3.63, 3.8) is 0 Å². The molecule has 2 amide bonds. The van der Waals surface area contributed by atoms with E-state index in [0.29, 0.717) is 12.5 Å². The number of likely N-dealkylation sites (N-methyl/N-ethyl adjacent to an activating group) is 1. The highest BCUT2D eigenvalue weighted by molar-refractivity contribution is 5.92. The van der Waals surface area contributed by atoms with E-state index in [-0.39, 0.29) is 17.9 Å². The molecular formula is C20H27N3O2. The van der Waals surface area contributed by atoms with Gasteiger partial charge in [0, 0.05) is 45.8 Å². The molecule has 0 aliphatic carbocycles. The van der Waals surface area contributed by atoms with E-state index in [0.717, 1.165) is 38.0 Å². The number of piperidine rings is 1. The van der Waals surface area contributed by atoms with Crippen molar-refractivity contribution in [2.45, 2.75) is 18.9 Å². The molecule has 5 nitrogen and oxygen atoms in total. The predicted molar refractivity (Wildman–Crippen MR) is 98.8 cm³/mol. The van der Waals surface area contributed by atoms with E-state index >= 15 is 0 Å². The van der Waals surface area contributed by atoms with Crippen LogP contribution < -0.4 is 0 Å². The lowest BCUT2D eigenvalue weighted by atomic mass is 9.95. The molecule has 3 aliphatic rings. The van der Waals surface area contributed by atoms with E-state index < -0.39 is 0 Å². The molecule has 0 aromatic heterocycles.